The average molecular weight is 490 g/mol. The molecule has 9 heteroatoms. The summed E-state index contributed by atoms with van der Waals surface area (Å²) in [5, 5.41) is 1.11. The van der Waals surface area contributed by atoms with Gasteiger partial charge in [0.25, 0.3) is 0 Å². The topological polar surface area (TPSA) is 53.5 Å². The summed E-state index contributed by atoms with van der Waals surface area (Å²) in [6, 6.07) is 13.8. The van der Waals surface area contributed by atoms with Crippen molar-refractivity contribution in [1.29, 1.82) is 0 Å². The molecule has 34 heavy (non-hydrogen) atoms. The van der Waals surface area contributed by atoms with Crippen LogP contribution < -0.4 is 0 Å². The highest BCUT2D eigenvalue weighted by atomic mass is 32.2. The Morgan fingerprint density at radius 2 is 1.65 bits per heavy atom. The fourth-order valence-corrected chi connectivity index (χ4v) is 6.82. The predicted octanol–water partition coefficient (Wildman–Crippen LogP) is 5.07. The number of nitrogens with zero attached hydrogens (tertiary/aromatic N) is 3. The highest BCUT2D eigenvalue weighted by molar-refractivity contribution is 7.89. The molecule has 0 spiro atoms. The summed E-state index contributed by atoms with van der Waals surface area (Å²) >= 11 is 0. The molecule has 0 amide bonds. The van der Waals surface area contributed by atoms with E-state index in [0.29, 0.717) is 12.8 Å². The van der Waals surface area contributed by atoms with Crippen LogP contribution in [0.5, 0.6) is 0 Å². The van der Waals surface area contributed by atoms with Gasteiger partial charge in [0.1, 0.15) is 0 Å². The molecule has 2 heterocycles. The van der Waals surface area contributed by atoms with E-state index < -0.39 is 21.8 Å². The molecule has 0 bridgehead atoms. The van der Waals surface area contributed by atoms with Gasteiger partial charge in [-0.2, -0.15) is 17.5 Å². The highest BCUT2D eigenvalue weighted by Gasteiger charge is 2.44. The number of piperidine rings is 1. The van der Waals surface area contributed by atoms with Gasteiger partial charge in [-0.15, -0.1) is 0 Å². The second kappa shape index (κ2) is 8.94. The second-order valence-electron chi connectivity index (χ2n) is 9.09. The van der Waals surface area contributed by atoms with E-state index in [2.05, 4.69) is 16.0 Å². The summed E-state index contributed by atoms with van der Waals surface area (Å²) in [5.74, 6) is 0. The number of hydrogen-bond acceptors (Lipinski definition) is 4. The molecule has 1 aromatic heterocycles. The Labute approximate surface area is 197 Å². The Morgan fingerprint density at radius 3 is 2.35 bits per heavy atom. The van der Waals surface area contributed by atoms with Crippen molar-refractivity contribution in [3.05, 3.63) is 71.9 Å². The van der Waals surface area contributed by atoms with Gasteiger partial charge in [0.2, 0.25) is 10.0 Å². The third-order valence-electron chi connectivity index (χ3n) is 6.69. The molecule has 2 aromatic carbocycles. The number of benzene rings is 2. The van der Waals surface area contributed by atoms with Crippen LogP contribution in [-0.4, -0.2) is 47.8 Å². The van der Waals surface area contributed by atoms with Crippen molar-refractivity contribution >= 4 is 20.9 Å². The molecule has 0 N–H and O–H groups in total. The normalized spacial score (nSPS) is 18.6. The summed E-state index contributed by atoms with van der Waals surface area (Å²) in [5.41, 5.74) is 1.19. The SMILES string of the molecule is O=S(=O)(c1cccc(C(F)(F)F)c1)N(C1CC1)C1CCN(Cc2ccnc3ccccc23)CC1. The van der Waals surface area contributed by atoms with Crippen molar-refractivity contribution < 1.29 is 21.6 Å². The molecule has 0 unspecified atom stereocenters. The van der Waals surface area contributed by atoms with Crippen LogP contribution in [0.1, 0.15) is 36.8 Å². The Morgan fingerprint density at radius 1 is 0.941 bits per heavy atom. The van der Waals surface area contributed by atoms with E-state index in [1.54, 1.807) is 6.20 Å². The molecule has 5 nitrogen and oxygen atoms in total. The molecule has 180 valence electrons. The van der Waals surface area contributed by atoms with Crippen molar-refractivity contribution in [3.8, 4) is 0 Å². The second-order valence-corrected chi connectivity index (χ2v) is 10.9. The Bertz CT molecular complexity index is 1280. The number of aromatic nitrogens is 1. The summed E-state index contributed by atoms with van der Waals surface area (Å²) < 4.78 is 68.0. The van der Waals surface area contributed by atoms with Crippen LogP contribution in [0, 0.1) is 0 Å². The van der Waals surface area contributed by atoms with Crippen LogP contribution in [0.2, 0.25) is 0 Å². The number of likely N-dealkylation sites (tertiary alicyclic amines) is 1. The van der Waals surface area contributed by atoms with Gasteiger partial charge in [0, 0.05) is 43.3 Å². The van der Waals surface area contributed by atoms with Crippen LogP contribution in [0.4, 0.5) is 13.2 Å². The smallest absolute Gasteiger partial charge is 0.299 e. The van der Waals surface area contributed by atoms with Crippen molar-refractivity contribution in [2.24, 2.45) is 0 Å². The largest absolute Gasteiger partial charge is 0.416 e. The van der Waals surface area contributed by atoms with Gasteiger partial charge in [-0.05, 0) is 61.6 Å². The Hall–Kier alpha value is -2.49. The van der Waals surface area contributed by atoms with Gasteiger partial charge in [-0.3, -0.25) is 9.88 Å². The lowest BCUT2D eigenvalue weighted by atomic mass is 10.0. The molecule has 3 aromatic rings. The molecule has 1 saturated carbocycles. The zero-order chi connectivity index (χ0) is 23.9. The first kappa shape index (κ1) is 23.3. The Kier molecular flexibility index (Phi) is 6.12. The molecule has 0 atom stereocenters. The van der Waals surface area contributed by atoms with E-state index in [0.717, 1.165) is 55.5 Å². The zero-order valence-electron chi connectivity index (χ0n) is 18.6. The van der Waals surface area contributed by atoms with Crippen LogP contribution in [0.15, 0.2) is 65.7 Å². The van der Waals surface area contributed by atoms with Crippen LogP contribution in [-0.2, 0) is 22.7 Å². The van der Waals surface area contributed by atoms with E-state index >= 15 is 0 Å². The quantitative estimate of drug-likeness (QED) is 0.485. The monoisotopic (exact) mass is 489 g/mol. The maximum atomic E-state index is 13.4. The van der Waals surface area contributed by atoms with E-state index in [1.807, 2.05) is 24.3 Å². The van der Waals surface area contributed by atoms with Crippen LogP contribution in [0.3, 0.4) is 0 Å². The minimum absolute atomic E-state index is 0.125. The first-order valence-corrected chi connectivity index (χ1v) is 12.9. The number of para-hydroxylation sites is 1. The summed E-state index contributed by atoms with van der Waals surface area (Å²) in [6.07, 6.45) is 0.0253. The fourth-order valence-electron chi connectivity index (χ4n) is 4.84. The molecule has 1 aliphatic heterocycles. The van der Waals surface area contributed by atoms with Gasteiger partial charge in [0.05, 0.1) is 16.0 Å². The molecule has 2 aliphatic rings. The molecule has 5 rings (SSSR count). The lowest BCUT2D eigenvalue weighted by molar-refractivity contribution is -0.137. The maximum absolute atomic E-state index is 13.4. The minimum Gasteiger partial charge on any atom is -0.299 e. The molecular weight excluding hydrogens is 463 g/mol. The molecule has 0 radical (unpaired) electrons. The molecule has 1 aliphatic carbocycles. The third kappa shape index (κ3) is 4.69. The van der Waals surface area contributed by atoms with Crippen LogP contribution >= 0.6 is 0 Å². The van der Waals surface area contributed by atoms with E-state index in [4.69, 9.17) is 0 Å². The number of fused-ring (bicyclic) bond motifs is 1. The van der Waals surface area contributed by atoms with Gasteiger partial charge < -0.3 is 0 Å². The first-order valence-electron chi connectivity index (χ1n) is 11.5. The highest BCUT2D eigenvalue weighted by Crippen LogP contribution is 2.38. The maximum Gasteiger partial charge on any atom is 0.416 e. The number of alkyl halides is 3. The van der Waals surface area contributed by atoms with Crippen molar-refractivity contribution in [1.82, 2.24) is 14.2 Å². The van der Waals surface area contributed by atoms with E-state index in [-0.39, 0.29) is 17.0 Å². The molecule has 1 saturated heterocycles. The summed E-state index contributed by atoms with van der Waals surface area (Å²) in [7, 11) is -4.02. The number of hydrogen-bond donors (Lipinski definition) is 0. The number of pyridine rings is 1. The van der Waals surface area contributed by atoms with Crippen LogP contribution in [0.25, 0.3) is 10.9 Å². The average Bonchev–Trinajstić information content (AvgIpc) is 3.65. The molecule has 2 fully saturated rings. The predicted molar refractivity (Wildman–Crippen MR) is 124 cm³/mol. The number of rotatable bonds is 6. The third-order valence-corrected chi connectivity index (χ3v) is 8.69. The van der Waals surface area contributed by atoms with Gasteiger partial charge in [-0.1, -0.05) is 24.3 Å². The first-order chi connectivity index (χ1) is 16.2. The van der Waals surface area contributed by atoms with E-state index in [9.17, 15) is 21.6 Å². The lowest BCUT2D eigenvalue weighted by Gasteiger charge is -2.38. The fraction of sp³-hybridized carbons (Fsp3) is 0.400. The zero-order valence-corrected chi connectivity index (χ0v) is 19.4. The lowest BCUT2D eigenvalue weighted by Crippen LogP contribution is -2.48. The summed E-state index contributed by atoms with van der Waals surface area (Å²) in [6.45, 7) is 2.20. The number of sulfonamides is 1. The summed E-state index contributed by atoms with van der Waals surface area (Å²) in [4.78, 5) is 6.44. The van der Waals surface area contributed by atoms with Gasteiger partial charge in [0.15, 0.2) is 0 Å². The van der Waals surface area contributed by atoms with E-state index in [1.165, 1.54) is 22.0 Å². The van der Waals surface area contributed by atoms with Crippen molar-refractivity contribution in [3.63, 3.8) is 0 Å². The Balaban J connectivity index is 1.32. The van der Waals surface area contributed by atoms with Crippen molar-refractivity contribution in [2.45, 2.75) is 55.4 Å². The van der Waals surface area contributed by atoms with Gasteiger partial charge in [-0.25, -0.2) is 8.42 Å². The van der Waals surface area contributed by atoms with Crippen molar-refractivity contribution in [2.75, 3.05) is 13.1 Å². The number of halogens is 3. The minimum atomic E-state index is -4.58. The molecular formula is C25H26F3N3O2S. The van der Waals surface area contributed by atoms with Gasteiger partial charge >= 0.3 is 6.18 Å². The standard InChI is InChI=1S/C25H26F3N3O2S/c26-25(27,28)19-4-3-5-22(16-19)34(32,33)31(20-8-9-20)21-11-14-30(15-12-21)17-18-10-13-29-24-7-2-1-6-23(18)24/h1-7,10,13,16,20-21H,8-9,11-12,14-15,17H2.